The van der Waals surface area contributed by atoms with Crippen LogP contribution in [0.2, 0.25) is 10.0 Å². The third kappa shape index (κ3) is 12.0. The first-order valence-electron chi connectivity index (χ1n) is 15.5. The number of rotatable bonds is 5. The number of hydrogen-bond acceptors (Lipinski definition) is 10. The van der Waals surface area contributed by atoms with Gasteiger partial charge >= 0.3 is 29.8 Å². The Morgan fingerprint density at radius 3 is 1.50 bits per heavy atom. The summed E-state index contributed by atoms with van der Waals surface area (Å²) in [6, 6.07) is 7.21. The number of carbonyl (C=O) groups excluding carboxylic acids is 5. The van der Waals surface area contributed by atoms with Crippen molar-refractivity contribution in [1.29, 1.82) is 0 Å². The summed E-state index contributed by atoms with van der Waals surface area (Å²) in [6.45, 7) is 14.7. The Morgan fingerprint density at radius 2 is 1.14 bits per heavy atom. The van der Waals surface area contributed by atoms with E-state index in [4.69, 9.17) is 37.4 Å². The van der Waals surface area contributed by atoms with Crippen LogP contribution < -0.4 is 0 Å². The summed E-state index contributed by atoms with van der Waals surface area (Å²) in [7, 11) is 0. The van der Waals surface area contributed by atoms with E-state index in [0.29, 0.717) is 46.2 Å². The minimum Gasteiger partial charge on any atom is -0.511 e. The standard InChI is InChI=1S/C17H18BrClO4.C15H16BrClO3.C4H6O3/c1-5-10-6-11(18)7-12(19)14(10)15-13(22-9(2)20)8-17(3,4)23-16(15)21;1-4-8-5-9(16)6-10(17)12(8)13-11(18)7-15(2,3)20-14(13)19;1-3(5)7-4(2)6/h6-7H,5,8H2,1-4H3;5-6,18H,4,7H2,1-3H3;1-2H3. The van der Waals surface area contributed by atoms with Crippen molar-refractivity contribution in [2.75, 3.05) is 0 Å². The Morgan fingerprint density at radius 1 is 0.740 bits per heavy atom. The number of carbonyl (C=O) groups is 5. The van der Waals surface area contributed by atoms with Crippen LogP contribution in [-0.4, -0.2) is 46.2 Å². The van der Waals surface area contributed by atoms with E-state index < -0.39 is 41.0 Å². The molecular formula is C36H40Br2Cl2O10. The number of halogens is 4. The van der Waals surface area contributed by atoms with Gasteiger partial charge in [0.05, 0.1) is 10.0 Å². The molecule has 0 spiro atoms. The number of benzene rings is 2. The zero-order chi connectivity index (χ0) is 38.3. The van der Waals surface area contributed by atoms with Crippen LogP contribution in [-0.2, 0) is 55.8 Å². The van der Waals surface area contributed by atoms with Crippen molar-refractivity contribution in [3.8, 4) is 0 Å². The molecule has 50 heavy (non-hydrogen) atoms. The monoisotopic (exact) mass is 860 g/mol. The van der Waals surface area contributed by atoms with Gasteiger partial charge in [0.25, 0.3) is 0 Å². The number of aliphatic hydroxyl groups is 1. The fourth-order valence-electron chi connectivity index (χ4n) is 5.20. The molecule has 1 N–H and O–H groups in total. The number of aryl methyl sites for hydroxylation is 2. The Bertz CT molecular complexity index is 1750. The van der Waals surface area contributed by atoms with E-state index in [1.165, 1.54) is 20.8 Å². The Kier molecular flexibility index (Phi) is 15.3. The SMILES string of the molecule is CC(=O)OC(C)=O.CCc1cc(Br)cc(Cl)c1C1=C(O)CC(C)(C)OC1=O.CCc1cc(Br)cc(Cl)c1C1=C(OC(C)=O)CC(C)(C)OC1=O. The molecule has 2 aliphatic heterocycles. The van der Waals surface area contributed by atoms with Gasteiger partial charge < -0.3 is 24.1 Å². The maximum absolute atomic E-state index is 12.6. The van der Waals surface area contributed by atoms with Crippen LogP contribution in [0.3, 0.4) is 0 Å². The minimum atomic E-state index is -0.737. The van der Waals surface area contributed by atoms with Crippen LogP contribution in [0.5, 0.6) is 0 Å². The normalized spacial score (nSPS) is 16.2. The first-order chi connectivity index (χ1) is 23.0. The van der Waals surface area contributed by atoms with Gasteiger partial charge in [0.1, 0.15) is 33.9 Å². The molecule has 0 atom stereocenters. The van der Waals surface area contributed by atoms with Crippen molar-refractivity contribution in [3.63, 3.8) is 0 Å². The fourth-order valence-corrected chi connectivity index (χ4v) is 7.14. The lowest BCUT2D eigenvalue weighted by Gasteiger charge is -2.32. The molecule has 2 aromatic rings. The highest BCUT2D eigenvalue weighted by Gasteiger charge is 2.39. The molecule has 0 saturated heterocycles. The summed E-state index contributed by atoms with van der Waals surface area (Å²) < 4.78 is 21.8. The summed E-state index contributed by atoms with van der Waals surface area (Å²) in [5, 5.41) is 11.1. The van der Waals surface area contributed by atoms with Gasteiger partial charge in [-0.1, -0.05) is 68.9 Å². The van der Waals surface area contributed by atoms with E-state index in [2.05, 4.69) is 36.6 Å². The second-order valence-electron chi connectivity index (χ2n) is 12.5. The van der Waals surface area contributed by atoms with E-state index in [0.717, 1.165) is 20.1 Å². The van der Waals surface area contributed by atoms with Gasteiger partial charge in [-0.15, -0.1) is 0 Å². The highest BCUT2D eigenvalue weighted by molar-refractivity contribution is 9.10. The highest BCUT2D eigenvalue weighted by atomic mass is 79.9. The molecule has 0 radical (unpaired) electrons. The van der Waals surface area contributed by atoms with Crippen LogP contribution >= 0.6 is 55.1 Å². The molecule has 10 nitrogen and oxygen atoms in total. The third-order valence-corrected chi connectivity index (χ3v) is 8.49. The lowest BCUT2D eigenvalue weighted by atomic mass is 9.90. The predicted octanol–water partition coefficient (Wildman–Crippen LogP) is 9.42. The first kappa shape index (κ1) is 43.0. The molecule has 0 aromatic heterocycles. The Hall–Kier alpha value is -3.19. The molecule has 0 unspecified atom stereocenters. The van der Waals surface area contributed by atoms with E-state index in [1.54, 1.807) is 39.8 Å². The summed E-state index contributed by atoms with van der Waals surface area (Å²) >= 11 is 19.4. The van der Waals surface area contributed by atoms with E-state index >= 15 is 0 Å². The van der Waals surface area contributed by atoms with Crippen molar-refractivity contribution >= 4 is 96.1 Å². The molecular weight excluding hydrogens is 823 g/mol. The molecule has 4 rings (SSSR count). The van der Waals surface area contributed by atoms with Crippen molar-refractivity contribution in [1.82, 2.24) is 0 Å². The molecule has 0 aliphatic carbocycles. The average molecular weight is 863 g/mol. The minimum absolute atomic E-state index is 0.0326. The van der Waals surface area contributed by atoms with Gasteiger partial charge in [-0.3, -0.25) is 14.4 Å². The number of cyclic esters (lactones) is 2. The van der Waals surface area contributed by atoms with E-state index in [9.17, 15) is 29.1 Å². The number of ether oxygens (including phenoxy) is 4. The van der Waals surface area contributed by atoms with Crippen LogP contribution in [0.1, 0.15) is 97.4 Å². The van der Waals surface area contributed by atoms with Gasteiger partial charge in [0.15, 0.2) is 0 Å². The number of esters is 5. The Balaban J connectivity index is 0.000000294. The van der Waals surface area contributed by atoms with Crippen LogP contribution in [0.25, 0.3) is 11.1 Å². The smallest absolute Gasteiger partial charge is 0.342 e. The van der Waals surface area contributed by atoms with Gasteiger partial charge in [-0.2, -0.15) is 0 Å². The highest BCUT2D eigenvalue weighted by Crippen LogP contribution is 2.41. The van der Waals surface area contributed by atoms with Crippen molar-refractivity contribution < 1.29 is 48.0 Å². The molecule has 0 saturated carbocycles. The van der Waals surface area contributed by atoms with Gasteiger partial charge in [0.2, 0.25) is 0 Å². The molecule has 0 amide bonds. The van der Waals surface area contributed by atoms with Crippen molar-refractivity contribution in [3.05, 3.63) is 77.0 Å². The quantitative estimate of drug-likeness (QED) is 0.176. The van der Waals surface area contributed by atoms with Crippen LogP contribution in [0, 0.1) is 0 Å². The van der Waals surface area contributed by atoms with E-state index in [1.807, 2.05) is 26.0 Å². The van der Waals surface area contributed by atoms with Crippen LogP contribution in [0.15, 0.2) is 44.7 Å². The number of aliphatic hydroxyl groups excluding tert-OH is 1. The van der Waals surface area contributed by atoms with E-state index in [-0.39, 0.29) is 23.3 Å². The first-order valence-corrected chi connectivity index (χ1v) is 17.8. The summed E-state index contributed by atoms with van der Waals surface area (Å²) in [5.41, 5.74) is 1.87. The Labute approximate surface area is 318 Å². The molecule has 14 heteroatoms. The summed E-state index contributed by atoms with van der Waals surface area (Å²) in [6.07, 6.45) is 1.96. The molecule has 2 aromatic carbocycles. The zero-order valence-corrected chi connectivity index (χ0v) is 34.0. The van der Waals surface area contributed by atoms with Gasteiger partial charge in [0, 0.05) is 53.7 Å². The zero-order valence-electron chi connectivity index (χ0n) is 29.3. The second kappa shape index (κ2) is 17.8. The maximum Gasteiger partial charge on any atom is 0.342 e. The largest absolute Gasteiger partial charge is 0.511 e. The lowest BCUT2D eigenvalue weighted by molar-refractivity contribution is -0.157. The third-order valence-electron chi connectivity index (χ3n) is 6.98. The molecule has 2 heterocycles. The van der Waals surface area contributed by atoms with Crippen molar-refractivity contribution in [2.24, 2.45) is 0 Å². The maximum atomic E-state index is 12.6. The fraction of sp³-hybridized carbons (Fsp3) is 0.417. The summed E-state index contributed by atoms with van der Waals surface area (Å²) in [5.74, 6) is -2.33. The average Bonchev–Trinajstić information content (AvgIpc) is 2.92. The predicted molar refractivity (Wildman–Crippen MR) is 197 cm³/mol. The van der Waals surface area contributed by atoms with Gasteiger partial charge in [-0.25, -0.2) is 9.59 Å². The lowest BCUT2D eigenvalue weighted by Crippen LogP contribution is -2.35. The second-order valence-corrected chi connectivity index (χ2v) is 15.1. The van der Waals surface area contributed by atoms with Gasteiger partial charge in [-0.05, 0) is 75.9 Å². The molecule has 2 aliphatic rings. The molecule has 0 bridgehead atoms. The molecule has 272 valence electrons. The number of hydrogen-bond donors (Lipinski definition) is 1. The molecule has 0 fully saturated rings. The van der Waals surface area contributed by atoms with Crippen LogP contribution in [0.4, 0.5) is 0 Å². The topological polar surface area (TPSA) is 143 Å². The van der Waals surface area contributed by atoms with Crippen molar-refractivity contribution in [2.45, 2.75) is 99.2 Å². The summed E-state index contributed by atoms with van der Waals surface area (Å²) in [4.78, 5) is 55.9.